The number of imidazole rings is 1. The van der Waals surface area contributed by atoms with E-state index in [1.54, 1.807) is 31.3 Å². The van der Waals surface area contributed by atoms with Crippen molar-refractivity contribution in [3.63, 3.8) is 0 Å². The molecular weight excluding hydrogens is 469 g/mol. The molecule has 10 nitrogen and oxygen atoms in total. The molecule has 3 heterocycles. The van der Waals surface area contributed by atoms with Gasteiger partial charge in [-0.1, -0.05) is 6.92 Å². The minimum Gasteiger partial charge on any atom is -0.463 e. The number of carbonyl (C=O) groups is 1. The van der Waals surface area contributed by atoms with Gasteiger partial charge in [0.25, 0.3) is 0 Å². The van der Waals surface area contributed by atoms with Crippen molar-refractivity contribution in [3.8, 4) is 28.7 Å². The van der Waals surface area contributed by atoms with Crippen molar-refractivity contribution in [2.75, 3.05) is 33.0 Å². The van der Waals surface area contributed by atoms with Gasteiger partial charge in [-0.05, 0) is 43.7 Å². The van der Waals surface area contributed by atoms with Crippen LogP contribution in [0.25, 0.3) is 22.6 Å². The highest BCUT2D eigenvalue weighted by molar-refractivity contribution is 5.82. The third-order valence-corrected chi connectivity index (χ3v) is 5.68. The van der Waals surface area contributed by atoms with Gasteiger partial charge in [0.1, 0.15) is 5.82 Å². The lowest BCUT2D eigenvalue weighted by atomic mass is 9.91. The number of rotatable bonds is 10. The molecule has 3 aromatic rings. The third kappa shape index (κ3) is 5.86. The maximum atomic E-state index is 13.6. The lowest BCUT2D eigenvalue weighted by Crippen LogP contribution is -2.48. The van der Waals surface area contributed by atoms with E-state index in [1.807, 2.05) is 6.92 Å². The molecule has 4 rings (SSSR count). The summed E-state index contributed by atoms with van der Waals surface area (Å²) < 4.78 is 30.9. The monoisotopic (exact) mass is 499 g/mol. The van der Waals surface area contributed by atoms with Crippen LogP contribution in [0.15, 0.2) is 36.5 Å². The number of carbonyl (C=O) groups excluding carboxylic acids is 1. The summed E-state index contributed by atoms with van der Waals surface area (Å²) in [6.45, 7) is 4.96. The molecule has 1 fully saturated rings. The van der Waals surface area contributed by atoms with Crippen molar-refractivity contribution >= 4 is 5.91 Å². The number of aliphatic hydroxyl groups excluding tert-OH is 1. The number of ether oxygens (including phenoxy) is 3. The van der Waals surface area contributed by atoms with E-state index in [-0.39, 0.29) is 44.2 Å². The lowest BCUT2D eigenvalue weighted by Gasteiger charge is -2.35. The zero-order chi connectivity index (χ0) is 25.5. The van der Waals surface area contributed by atoms with Crippen molar-refractivity contribution in [2.24, 2.45) is 5.41 Å². The number of benzene rings is 1. The number of hydrogen-bond acceptors (Lipinski definition) is 8. The van der Waals surface area contributed by atoms with Gasteiger partial charge < -0.3 is 29.6 Å². The highest BCUT2D eigenvalue weighted by Crippen LogP contribution is 2.35. The maximum absolute atomic E-state index is 13.6. The smallest absolute Gasteiger partial charge is 0.316 e. The van der Waals surface area contributed by atoms with Crippen molar-refractivity contribution in [1.29, 1.82) is 0 Å². The largest absolute Gasteiger partial charge is 0.463 e. The van der Waals surface area contributed by atoms with Gasteiger partial charge in [0.15, 0.2) is 5.82 Å². The van der Waals surface area contributed by atoms with Crippen LogP contribution in [0.3, 0.4) is 0 Å². The van der Waals surface area contributed by atoms with Crippen LogP contribution in [0.2, 0.25) is 0 Å². The zero-order valence-electron chi connectivity index (χ0n) is 20.3. The average Bonchev–Trinajstić information content (AvgIpc) is 3.34. The first-order chi connectivity index (χ1) is 17.4. The van der Waals surface area contributed by atoms with E-state index in [2.05, 4.69) is 20.3 Å². The van der Waals surface area contributed by atoms with Crippen molar-refractivity contribution in [2.45, 2.75) is 33.0 Å². The van der Waals surface area contributed by atoms with Crippen LogP contribution >= 0.6 is 0 Å². The van der Waals surface area contributed by atoms with Gasteiger partial charge in [-0.25, -0.2) is 14.4 Å². The topological polar surface area (TPSA) is 131 Å². The zero-order valence-corrected chi connectivity index (χ0v) is 20.3. The summed E-state index contributed by atoms with van der Waals surface area (Å²) in [6, 6.07) is 7.80. The van der Waals surface area contributed by atoms with E-state index in [0.717, 1.165) is 6.42 Å². The Kier molecular flexibility index (Phi) is 8.24. The number of hydrogen-bond donors (Lipinski definition) is 3. The summed E-state index contributed by atoms with van der Waals surface area (Å²) in [5.74, 6) is -0.0939. The summed E-state index contributed by atoms with van der Waals surface area (Å²) in [5, 5.41) is 11.9. The molecule has 11 heteroatoms. The Balaban J connectivity index is 1.61. The first-order valence-corrected chi connectivity index (χ1v) is 11.9. The van der Waals surface area contributed by atoms with Crippen LogP contribution in [0.1, 0.15) is 38.8 Å². The fourth-order valence-corrected chi connectivity index (χ4v) is 3.63. The molecule has 3 N–H and O–H groups in total. The molecule has 1 aliphatic heterocycles. The second kappa shape index (κ2) is 11.5. The number of aromatic nitrogens is 4. The molecule has 0 bridgehead atoms. The standard InChI is InChI=1S/C25H30FN5O5/c1-3-10-27-23(33)25(2)14-35-22(36-15-25)21-30-19(16-5-7-17(26)8-6-16)20(31-21)18-9-11-28-24(29-18)34-13-4-12-32/h5-9,11,22,32H,3-4,10,12-15H2,1-2H3,(H,27,33)(H,30,31). The molecule has 1 saturated heterocycles. The Morgan fingerprint density at radius 3 is 2.69 bits per heavy atom. The molecule has 0 atom stereocenters. The minimum absolute atomic E-state index is 0.000981. The normalized spacial score (nSPS) is 19.7. The van der Waals surface area contributed by atoms with Gasteiger partial charge in [-0.2, -0.15) is 4.98 Å². The van der Waals surface area contributed by atoms with Crippen molar-refractivity contribution in [3.05, 3.63) is 48.2 Å². The summed E-state index contributed by atoms with van der Waals surface area (Å²) in [5.41, 5.74) is 1.42. The molecule has 0 unspecified atom stereocenters. The molecule has 2 aromatic heterocycles. The van der Waals surface area contributed by atoms with E-state index < -0.39 is 11.7 Å². The lowest BCUT2D eigenvalue weighted by molar-refractivity contribution is -0.231. The van der Waals surface area contributed by atoms with E-state index in [9.17, 15) is 9.18 Å². The second-order valence-electron chi connectivity index (χ2n) is 8.77. The first-order valence-electron chi connectivity index (χ1n) is 11.9. The molecule has 1 aliphatic rings. The third-order valence-electron chi connectivity index (χ3n) is 5.68. The molecular formula is C25H30FN5O5. The summed E-state index contributed by atoms with van der Waals surface area (Å²) in [6.07, 6.45) is 2.02. The van der Waals surface area contributed by atoms with Gasteiger partial charge in [-0.3, -0.25) is 4.79 Å². The second-order valence-corrected chi connectivity index (χ2v) is 8.77. The van der Waals surface area contributed by atoms with E-state index in [4.69, 9.17) is 24.3 Å². The number of aromatic amines is 1. The number of halogens is 1. The van der Waals surface area contributed by atoms with E-state index in [0.29, 0.717) is 41.4 Å². The number of H-pyrrole nitrogens is 1. The molecule has 36 heavy (non-hydrogen) atoms. The fourth-order valence-electron chi connectivity index (χ4n) is 3.63. The molecule has 0 spiro atoms. The van der Waals surface area contributed by atoms with E-state index in [1.165, 1.54) is 12.1 Å². The SMILES string of the molecule is CCCNC(=O)C1(C)COC(c2nc(-c3ccc(F)cc3)c(-c3ccnc(OCCCO)n3)[nH]2)OC1. The van der Waals surface area contributed by atoms with Crippen LogP contribution in [0.5, 0.6) is 6.01 Å². The Morgan fingerprint density at radius 2 is 2.00 bits per heavy atom. The number of amides is 1. The predicted octanol–water partition coefficient (Wildman–Crippen LogP) is 3.01. The predicted molar refractivity (Wildman–Crippen MR) is 128 cm³/mol. The number of nitrogens with one attached hydrogen (secondary N) is 2. The van der Waals surface area contributed by atoms with Crippen LogP contribution < -0.4 is 10.1 Å². The number of nitrogens with zero attached hydrogens (tertiary/aromatic N) is 3. The van der Waals surface area contributed by atoms with Crippen molar-refractivity contribution < 1.29 is 28.5 Å². The Morgan fingerprint density at radius 1 is 1.25 bits per heavy atom. The Hall–Kier alpha value is -3.41. The number of aliphatic hydroxyl groups is 1. The Bertz CT molecular complexity index is 1160. The molecule has 1 aromatic carbocycles. The highest BCUT2D eigenvalue weighted by Gasteiger charge is 2.40. The summed E-state index contributed by atoms with van der Waals surface area (Å²) in [7, 11) is 0. The van der Waals surface area contributed by atoms with Gasteiger partial charge in [-0.15, -0.1) is 0 Å². The first kappa shape index (κ1) is 25.7. The molecule has 0 radical (unpaired) electrons. The maximum Gasteiger partial charge on any atom is 0.316 e. The van der Waals surface area contributed by atoms with Crippen LogP contribution in [-0.4, -0.2) is 63.9 Å². The molecule has 1 amide bonds. The Labute approximate surface area is 208 Å². The van der Waals surface area contributed by atoms with Crippen LogP contribution in [0.4, 0.5) is 4.39 Å². The van der Waals surface area contributed by atoms with Crippen LogP contribution in [0, 0.1) is 11.2 Å². The minimum atomic E-state index is -0.827. The van der Waals surface area contributed by atoms with Gasteiger partial charge >= 0.3 is 6.01 Å². The van der Waals surface area contributed by atoms with Gasteiger partial charge in [0, 0.05) is 31.3 Å². The summed E-state index contributed by atoms with van der Waals surface area (Å²) in [4.78, 5) is 29.0. The molecule has 192 valence electrons. The van der Waals surface area contributed by atoms with E-state index >= 15 is 0 Å². The fraction of sp³-hybridized carbons (Fsp3) is 0.440. The molecule has 0 aliphatic carbocycles. The average molecular weight is 500 g/mol. The highest BCUT2D eigenvalue weighted by atomic mass is 19.1. The van der Waals surface area contributed by atoms with Crippen LogP contribution in [-0.2, 0) is 14.3 Å². The van der Waals surface area contributed by atoms with Gasteiger partial charge in [0.05, 0.1) is 42.3 Å². The molecule has 0 saturated carbocycles. The van der Waals surface area contributed by atoms with Gasteiger partial charge in [0.2, 0.25) is 12.2 Å². The quantitative estimate of drug-likeness (QED) is 0.363. The van der Waals surface area contributed by atoms with Crippen molar-refractivity contribution in [1.82, 2.24) is 25.3 Å². The summed E-state index contributed by atoms with van der Waals surface area (Å²) >= 11 is 0.